The normalized spacial score (nSPS) is 10.9. The van der Waals surface area contributed by atoms with E-state index in [1.54, 1.807) is 12.1 Å². The van der Waals surface area contributed by atoms with E-state index < -0.39 is 0 Å². The molecule has 0 radical (unpaired) electrons. The Kier molecular flexibility index (Phi) is 3.45. The van der Waals surface area contributed by atoms with Crippen molar-refractivity contribution in [3.05, 3.63) is 30.1 Å². The first-order valence-corrected chi connectivity index (χ1v) is 5.78. The molecule has 0 atom stereocenters. The van der Waals surface area contributed by atoms with Gasteiger partial charge in [0, 0.05) is 6.54 Å². The Balaban J connectivity index is 2.24. The van der Waals surface area contributed by atoms with Crippen LogP contribution in [0.25, 0.3) is 5.69 Å². The first kappa shape index (κ1) is 12.3. The number of hydrogen-bond donors (Lipinski definition) is 2. The van der Waals surface area contributed by atoms with Gasteiger partial charge in [-0.3, -0.25) is 0 Å². The lowest BCUT2D eigenvalue weighted by atomic mass is 10.2. The summed E-state index contributed by atoms with van der Waals surface area (Å²) in [6.45, 7) is 4.92. The summed E-state index contributed by atoms with van der Waals surface area (Å²) in [6.07, 6.45) is 0. The molecule has 18 heavy (non-hydrogen) atoms. The molecule has 0 saturated carbocycles. The van der Waals surface area contributed by atoms with Gasteiger partial charge in [0.15, 0.2) is 0 Å². The van der Waals surface area contributed by atoms with Gasteiger partial charge in [0.1, 0.15) is 5.82 Å². The van der Waals surface area contributed by atoms with E-state index in [-0.39, 0.29) is 11.8 Å². The monoisotopic (exact) mass is 249 g/mol. The second-order valence-corrected chi connectivity index (χ2v) is 4.46. The van der Waals surface area contributed by atoms with Crippen LogP contribution in [0.2, 0.25) is 0 Å². The van der Waals surface area contributed by atoms with Crippen molar-refractivity contribution in [2.45, 2.75) is 13.8 Å². The van der Waals surface area contributed by atoms with Gasteiger partial charge in [-0.1, -0.05) is 19.9 Å². The minimum atomic E-state index is -0.334. The zero-order valence-electron chi connectivity index (χ0n) is 10.4. The maximum Gasteiger partial charge on any atom is 0.244 e. The van der Waals surface area contributed by atoms with Gasteiger partial charge in [-0.2, -0.15) is 9.67 Å². The fourth-order valence-electron chi connectivity index (χ4n) is 1.49. The molecule has 2 aromatic rings. The first-order chi connectivity index (χ1) is 8.56. The van der Waals surface area contributed by atoms with Gasteiger partial charge < -0.3 is 11.1 Å². The van der Waals surface area contributed by atoms with Crippen LogP contribution in [0.4, 0.5) is 16.3 Å². The average Bonchev–Trinajstić information content (AvgIpc) is 2.68. The number of nitrogens with two attached hydrogens (primary N) is 1. The largest absolute Gasteiger partial charge is 0.368 e. The van der Waals surface area contributed by atoms with Crippen LogP contribution < -0.4 is 11.1 Å². The third-order valence-electron chi connectivity index (χ3n) is 2.35. The molecule has 0 bridgehead atoms. The molecule has 5 nitrogen and oxygen atoms in total. The standard InChI is InChI=1S/C12H16FN5/c1-8(2)7-15-12-16-11(14)18(17-12)10-5-3-4-9(13)6-10/h3-6,8H,7H2,1-2H3,(H3,14,15,16,17). The van der Waals surface area contributed by atoms with Crippen LogP contribution >= 0.6 is 0 Å². The first-order valence-electron chi connectivity index (χ1n) is 5.78. The predicted octanol–water partition coefficient (Wildman–Crippen LogP) is 2.06. The van der Waals surface area contributed by atoms with Crippen LogP contribution in [0.5, 0.6) is 0 Å². The number of hydrogen-bond acceptors (Lipinski definition) is 4. The van der Waals surface area contributed by atoms with Gasteiger partial charge in [0.05, 0.1) is 5.69 Å². The SMILES string of the molecule is CC(C)CNc1nc(N)n(-c2cccc(F)c2)n1. The second kappa shape index (κ2) is 5.03. The lowest BCUT2D eigenvalue weighted by Gasteiger charge is -2.04. The number of nitrogens with one attached hydrogen (secondary N) is 1. The van der Waals surface area contributed by atoms with Crippen LogP contribution in [0, 0.1) is 11.7 Å². The van der Waals surface area contributed by atoms with Crippen molar-refractivity contribution in [1.29, 1.82) is 0 Å². The smallest absolute Gasteiger partial charge is 0.244 e. The molecule has 0 spiro atoms. The highest BCUT2D eigenvalue weighted by atomic mass is 19.1. The van der Waals surface area contributed by atoms with Crippen molar-refractivity contribution >= 4 is 11.9 Å². The molecular formula is C12H16FN5. The summed E-state index contributed by atoms with van der Waals surface area (Å²) in [5, 5.41) is 7.27. The van der Waals surface area contributed by atoms with Gasteiger partial charge in [0.2, 0.25) is 11.9 Å². The molecule has 1 aromatic heterocycles. The molecule has 0 saturated heterocycles. The Morgan fingerprint density at radius 1 is 1.44 bits per heavy atom. The molecule has 1 heterocycles. The van der Waals surface area contributed by atoms with E-state index in [2.05, 4.69) is 29.2 Å². The Labute approximate surface area is 105 Å². The number of aromatic nitrogens is 3. The maximum atomic E-state index is 13.1. The summed E-state index contributed by atoms with van der Waals surface area (Å²) < 4.78 is 14.5. The lowest BCUT2D eigenvalue weighted by molar-refractivity contribution is 0.625. The van der Waals surface area contributed by atoms with Crippen molar-refractivity contribution in [1.82, 2.24) is 14.8 Å². The highest BCUT2D eigenvalue weighted by Crippen LogP contribution is 2.14. The average molecular weight is 249 g/mol. The van der Waals surface area contributed by atoms with E-state index >= 15 is 0 Å². The van der Waals surface area contributed by atoms with Gasteiger partial charge in [-0.05, 0) is 24.1 Å². The molecular weight excluding hydrogens is 233 g/mol. The number of nitrogen functional groups attached to an aromatic ring is 1. The highest BCUT2D eigenvalue weighted by molar-refractivity contribution is 5.41. The van der Waals surface area contributed by atoms with E-state index in [0.29, 0.717) is 17.6 Å². The minimum Gasteiger partial charge on any atom is -0.368 e. The van der Waals surface area contributed by atoms with Crippen LogP contribution in [-0.2, 0) is 0 Å². The molecule has 96 valence electrons. The second-order valence-electron chi connectivity index (χ2n) is 4.46. The fraction of sp³-hybridized carbons (Fsp3) is 0.333. The summed E-state index contributed by atoms with van der Waals surface area (Å²) in [6, 6.07) is 6.05. The fourth-order valence-corrected chi connectivity index (χ4v) is 1.49. The van der Waals surface area contributed by atoms with Crippen LogP contribution in [-0.4, -0.2) is 21.3 Å². The zero-order valence-corrected chi connectivity index (χ0v) is 10.4. The molecule has 0 aliphatic carbocycles. The summed E-state index contributed by atoms with van der Waals surface area (Å²) in [5.41, 5.74) is 6.31. The lowest BCUT2D eigenvalue weighted by Crippen LogP contribution is -2.09. The molecule has 0 fully saturated rings. The Morgan fingerprint density at radius 2 is 2.22 bits per heavy atom. The molecule has 2 rings (SSSR count). The number of anilines is 2. The third-order valence-corrected chi connectivity index (χ3v) is 2.35. The van der Waals surface area contributed by atoms with Crippen molar-refractivity contribution in [2.24, 2.45) is 5.92 Å². The highest BCUT2D eigenvalue weighted by Gasteiger charge is 2.09. The number of benzene rings is 1. The van der Waals surface area contributed by atoms with Crippen molar-refractivity contribution in [3.63, 3.8) is 0 Å². The molecule has 0 aliphatic rings. The van der Waals surface area contributed by atoms with E-state index in [0.717, 1.165) is 6.54 Å². The van der Waals surface area contributed by atoms with Crippen molar-refractivity contribution < 1.29 is 4.39 Å². The molecule has 0 amide bonds. The Bertz CT molecular complexity index is 535. The quantitative estimate of drug-likeness (QED) is 0.870. The Hall–Kier alpha value is -2.11. The van der Waals surface area contributed by atoms with Crippen LogP contribution in [0.15, 0.2) is 24.3 Å². The zero-order chi connectivity index (χ0) is 13.1. The van der Waals surface area contributed by atoms with E-state index in [9.17, 15) is 4.39 Å². The van der Waals surface area contributed by atoms with Crippen LogP contribution in [0.3, 0.4) is 0 Å². The topological polar surface area (TPSA) is 68.8 Å². The molecule has 3 N–H and O–H groups in total. The van der Waals surface area contributed by atoms with Gasteiger partial charge in [-0.25, -0.2) is 4.39 Å². The maximum absolute atomic E-state index is 13.1. The van der Waals surface area contributed by atoms with Crippen LogP contribution in [0.1, 0.15) is 13.8 Å². The van der Waals surface area contributed by atoms with Gasteiger partial charge >= 0.3 is 0 Å². The Morgan fingerprint density at radius 3 is 2.89 bits per heavy atom. The number of halogens is 1. The summed E-state index contributed by atoms with van der Waals surface area (Å²) in [4.78, 5) is 4.08. The molecule has 1 aromatic carbocycles. The predicted molar refractivity (Wildman–Crippen MR) is 69.1 cm³/mol. The molecule has 6 heteroatoms. The number of rotatable bonds is 4. The summed E-state index contributed by atoms with van der Waals surface area (Å²) >= 11 is 0. The minimum absolute atomic E-state index is 0.229. The summed E-state index contributed by atoms with van der Waals surface area (Å²) in [5.74, 6) is 0.823. The number of nitrogens with zero attached hydrogens (tertiary/aromatic N) is 3. The molecule has 0 unspecified atom stereocenters. The van der Waals surface area contributed by atoms with Crippen molar-refractivity contribution in [2.75, 3.05) is 17.6 Å². The van der Waals surface area contributed by atoms with Gasteiger partial charge in [-0.15, -0.1) is 5.10 Å². The van der Waals surface area contributed by atoms with Crippen molar-refractivity contribution in [3.8, 4) is 5.69 Å². The van der Waals surface area contributed by atoms with E-state index in [1.165, 1.54) is 16.8 Å². The molecule has 0 aliphatic heterocycles. The summed E-state index contributed by atoms with van der Waals surface area (Å²) in [7, 11) is 0. The van der Waals surface area contributed by atoms with Gasteiger partial charge in [0.25, 0.3) is 0 Å². The third kappa shape index (κ3) is 2.77. The van der Waals surface area contributed by atoms with E-state index in [1.807, 2.05) is 0 Å². The van der Waals surface area contributed by atoms with E-state index in [4.69, 9.17) is 5.73 Å².